The monoisotopic (exact) mass is 304 g/mol. The topological polar surface area (TPSA) is 73.1 Å². The number of alkyl halides is 3. The van der Waals surface area contributed by atoms with Crippen LogP contribution < -0.4 is 16.0 Å². The summed E-state index contributed by atoms with van der Waals surface area (Å²) in [4.78, 5) is 0.850. The second kappa shape index (κ2) is 6.16. The Bertz CT molecular complexity index is 530. The molecule has 1 atom stereocenters. The van der Waals surface area contributed by atoms with E-state index in [0.717, 1.165) is 10.4 Å². The molecule has 108 valence electrons. The molecule has 0 aliphatic rings. The molecule has 0 bridgehead atoms. The van der Waals surface area contributed by atoms with Crippen LogP contribution in [0.4, 0.5) is 13.2 Å². The smallest absolute Gasteiger partial charge is 0.406 e. The van der Waals surface area contributed by atoms with Crippen molar-refractivity contribution in [1.29, 1.82) is 0 Å². The van der Waals surface area contributed by atoms with Crippen LogP contribution in [-0.2, 0) is 6.42 Å². The van der Waals surface area contributed by atoms with Crippen LogP contribution in [0.3, 0.4) is 0 Å². The maximum absolute atomic E-state index is 12.0. The highest BCUT2D eigenvalue weighted by Gasteiger charge is 2.30. The summed E-state index contributed by atoms with van der Waals surface area (Å²) in [6.45, 7) is 0. The van der Waals surface area contributed by atoms with Crippen LogP contribution >= 0.6 is 11.5 Å². The summed E-state index contributed by atoms with van der Waals surface area (Å²) in [7, 11) is 0. The zero-order valence-electron chi connectivity index (χ0n) is 10.1. The molecule has 2 rings (SSSR count). The summed E-state index contributed by atoms with van der Waals surface area (Å²) in [6, 6.07) is 5.45. The van der Waals surface area contributed by atoms with Crippen molar-refractivity contribution >= 4 is 11.5 Å². The Balaban J connectivity index is 2.03. The highest BCUT2D eigenvalue weighted by molar-refractivity contribution is 7.05. The number of hydrazine groups is 1. The molecule has 0 aliphatic carbocycles. The van der Waals surface area contributed by atoms with E-state index < -0.39 is 6.36 Å². The Hall–Kier alpha value is -1.71. The molecular weight excluding hydrogens is 293 g/mol. The first-order valence-electron chi connectivity index (χ1n) is 5.56. The fourth-order valence-corrected chi connectivity index (χ4v) is 2.19. The summed E-state index contributed by atoms with van der Waals surface area (Å²) in [5.74, 6) is 5.20. The first-order chi connectivity index (χ1) is 9.48. The standard InChI is InChI=1S/C11H11F3N4OS/c12-11(13,14)19-8-3-1-7(2-4-8)5-9(17-15)10-6-16-18-20-10/h1-4,6,9,17H,5,15H2. The van der Waals surface area contributed by atoms with E-state index in [-0.39, 0.29) is 11.8 Å². The lowest BCUT2D eigenvalue weighted by Crippen LogP contribution is -2.29. The third-order valence-corrected chi connectivity index (χ3v) is 3.30. The molecule has 1 aromatic heterocycles. The zero-order valence-corrected chi connectivity index (χ0v) is 10.9. The molecule has 0 saturated heterocycles. The van der Waals surface area contributed by atoms with E-state index in [0.29, 0.717) is 6.42 Å². The molecule has 0 radical (unpaired) electrons. The molecule has 0 aliphatic heterocycles. The van der Waals surface area contributed by atoms with E-state index in [1.54, 1.807) is 18.3 Å². The van der Waals surface area contributed by atoms with Gasteiger partial charge in [-0.3, -0.25) is 11.3 Å². The van der Waals surface area contributed by atoms with E-state index in [2.05, 4.69) is 19.7 Å². The highest BCUT2D eigenvalue weighted by Crippen LogP contribution is 2.25. The number of halogens is 3. The Morgan fingerprint density at radius 2 is 2.00 bits per heavy atom. The molecule has 0 saturated carbocycles. The Morgan fingerprint density at radius 1 is 1.30 bits per heavy atom. The van der Waals surface area contributed by atoms with Crippen molar-refractivity contribution in [2.24, 2.45) is 5.84 Å². The normalized spacial score (nSPS) is 13.2. The van der Waals surface area contributed by atoms with Crippen molar-refractivity contribution in [3.8, 4) is 5.75 Å². The third kappa shape index (κ3) is 4.15. The number of benzene rings is 1. The van der Waals surface area contributed by atoms with Crippen molar-refractivity contribution in [3.05, 3.63) is 40.9 Å². The minimum Gasteiger partial charge on any atom is -0.406 e. The number of nitrogens with zero attached hydrogens (tertiary/aromatic N) is 2. The number of ether oxygens (including phenoxy) is 1. The minimum atomic E-state index is -4.68. The highest BCUT2D eigenvalue weighted by atomic mass is 32.1. The van der Waals surface area contributed by atoms with Crippen molar-refractivity contribution in [1.82, 2.24) is 15.0 Å². The second-order valence-electron chi connectivity index (χ2n) is 3.94. The zero-order chi connectivity index (χ0) is 14.6. The largest absolute Gasteiger partial charge is 0.573 e. The molecule has 20 heavy (non-hydrogen) atoms. The van der Waals surface area contributed by atoms with Gasteiger partial charge in [-0.25, -0.2) is 0 Å². The van der Waals surface area contributed by atoms with E-state index in [1.807, 2.05) is 0 Å². The lowest BCUT2D eigenvalue weighted by molar-refractivity contribution is -0.274. The molecule has 3 N–H and O–H groups in total. The molecular formula is C11H11F3N4OS. The molecule has 0 spiro atoms. The van der Waals surface area contributed by atoms with Gasteiger partial charge in [-0.1, -0.05) is 16.6 Å². The number of nitrogens with two attached hydrogens (primary N) is 1. The fraction of sp³-hybridized carbons (Fsp3) is 0.273. The van der Waals surface area contributed by atoms with Gasteiger partial charge in [0.05, 0.1) is 17.1 Å². The van der Waals surface area contributed by atoms with Gasteiger partial charge in [0.25, 0.3) is 0 Å². The molecule has 5 nitrogen and oxygen atoms in total. The van der Waals surface area contributed by atoms with Crippen molar-refractivity contribution in [3.63, 3.8) is 0 Å². The van der Waals surface area contributed by atoms with E-state index >= 15 is 0 Å². The van der Waals surface area contributed by atoms with Gasteiger partial charge >= 0.3 is 6.36 Å². The first kappa shape index (κ1) is 14.7. The van der Waals surface area contributed by atoms with Crippen LogP contribution in [-0.4, -0.2) is 15.9 Å². The number of rotatable bonds is 5. The summed E-state index contributed by atoms with van der Waals surface area (Å²) in [5.41, 5.74) is 3.44. The van der Waals surface area contributed by atoms with Crippen LogP contribution in [0.25, 0.3) is 0 Å². The average Bonchev–Trinajstić information content (AvgIpc) is 2.90. The van der Waals surface area contributed by atoms with Gasteiger partial charge in [-0.05, 0) is 35.6 Å². The van der Waals surface area contributed by atoms with Crippen LogP contribution in [0.5, 0.6) is 5.75 Å². The van der Waals surface area contributed by atoms with Crippen LogP contribution in [0.1, 0.15) is 16.5 Å². The summed E-state index contributed by atoms with van der Waals surface area (Å²) in [5, 5.41) is 3.72. The summed E-state index contributed by atoms with van der Waals surface area (Å²) in [6.07, 6.45) is -2.58. The molecule has 9 heteroatoms. The van der Waals surface area contributed by atoms with Crippen LogP contribution in [0.15, 0.2) is 30.5 Å². The number of aromatic nitrogens is 2. The van der Waals surface area contributed by atoms with Gasteiger partial charge in [-0.15, -0.1) is 18.3 Å². The summed E-state index contributed by atoms with van der Waals surface area (Å²) < 4.78 is 43.6. The van der Waals surface area contributed by atoms with E-state index in [9.17, 15) is 13.2 Å². The van der Waals surface area contributed by atoms with Crippen molar-refractivity contribution in [2.75, 3.05) is 0 Å². The van der Waals surface area contributed by atoms with Crippen molar-refractivity contribution < 1.29 is 17.9 Å². The quantitative estimate of drug-likeness (QED) is 0.654. The maximum atomic E-state index is 12.0. The molecule has 1 aromatic carbocycles. The first-order valence-corrected chi connectivity index (χ1v) is 6.33. The number of hydrogen-bond donors (Lipinski definition) is 2. The maximum Gasteiger partial charge on any atom is 0.573 e. The van der Waals surface area contributed by atoms with Gasteiger partial charge < -0.3 is 4.74 Å². The lowest BCUT2D eigenvalue weighted by atomic mass is 10.1. The van der Waals surface area contributed by atoms with Crippen LogP contribution in [0.2, 0.25) is 0 Å². The van der Waals surface area contributed by atoms with Gasteiger partial charge in [0.1, 0.15) is 5.75 Å². The predicted molar refractivity (Wildman–Crippen MR) is 66.8 cm³/mol. The van der Waals surface area contributed by atoms with Crippen molar-refractivity contribution in [2.45, 2.75) is 18.8 Å². The molecule has 1 heterocycles. The average molecular weight is 304 g/mol. The Morgan fingerprint density at radius 3 is 2.50 bits per heavy atom. The summed E-state index contributed by atoms with van der Waals surface area (Å²) >= 11 is 1.21. The SMILES string of the molecule is NNC(Cc1ccc(OC(F)(F)F)cc1)c1cnns1. The Labute approximate surface area is 116 Å². The van der Waals surface area contributed by atoms with Crippen LogP contribution in [0, 0.1) is 0 Å². The number of hydrogen-bond acceptors (Lipinski definition) is 6. The van der Waals surface area contributed by atoms with Gasteiger partial charge in [-0.2, -0.15) is 0 Å². The third-order valence-electron chi connectivity index (χ3n) is 2.52. The second-order valence-corrected chi connectivity index (χ2v) is 4.75. The fourth-order valence-electron chi connectivity index (χ4n) is 1.63. The van der Waals surface area contributed by atoms with Gasteiger partial charge in [0.2, 0.25) is 0 Å². The van der Waals surface area contributed by atoms with E-state index in [1.165, 1.54) is 23.7 Å². The van der Waals surface area contributed by atoms with Gasteiger partial charge in [0, 0.05) is 0 Å². The van der Waals surface area contributed by atoms with Gasteiger partial charge in [0.15, 0.2) is 0 Å². The molecule has 0 amide bonds. The molecule has 0 fully saturated rings. The lowest BCUT2D eigenvalue weighted by Gasteiger charge is -2.14. The molecule has 2 aromatic rings. The Kier molecular flexibility index (Phi) is 4.53. The predicted octanol–water partition coefficient (Wildman–Crippen LogP) is 2.18. The number of nitrogens with one attached hydrogen (secondary N) is 1. The minimum absolute atomic E-state index is 0.190. The molecule has 1 unspecified atom stereocenters. The van der Waals surface area contributed by atoms with E-state index in [4.69, 9.17) is 5.84 Å².